The van der Waals surface area contributed by atoms with E-state index in [1.54, 1.807) is 20.4 Å². The molecule has 1 atom stereocenters. The van der Waals surface area contributed by atoms with Gasteiger partial charge in [0, 0.05) is 44.5 Å². The largest absolute Gasteiger partial charge is 0.495 e. The van der Waals surface area contributed by atoms with Crippen molar-refractivity contribution in [3.63, 3.8) is 0 Å². The third kappa shape index (κ3) is 5.78. The molecule has 0 bridgehead atoms. The molecule has 0 radical (unpaired) electrons. The monoisotopic (exact) mass is 411 g/mol. The summed E-state index contributed by atoms with van der Waals surface area (Å²) in [6, 6.07) is 12.4. The fourth-order valence-electron chi connectivity index (χ4n) is 3.56. The van der Waals surface area contributed by atoms with Crippen LogP contribution in [0.2, 0.25) is 0 Å². The van der Waals surface area contributed by atoms with Gasteiger partial charge >= 0.3 is 0 Å². The van der Waals surface area contributed by atoms with Gasteiger partial charge in [-0.05, 0) is 31.0 Å². The second kappa shape index (κ2) is 11.3. The first-order chi connectivity index (χ1) is 14.7. The molecule has 0 spiro atoms. The summed E-state index contributed by atoms with van der Waals surface area (Å²) < 4.78 is 11.3. The number of aromatic nitrogens is 1. The molecular formula is C23H33N5O2. The first kappa shape index (κ1) is 21.7. The van der Waals surface area contributed by atoms with Crippen LogP contribution >= 0.6 is 0 Å². The lowest BCUT2D eigenvalue weighted by Gasteiger charge is -2.22. The highest BCUT2D eigenvalue weighted by Crippen LogP contribution is 2.30. The number of methoxy groups -OCH3 is 1. The molecular weight excluding hydrogens is 378 g/mol. The number of anilines is 1. The third-order valence-electron chi connectivity index (χ3n) is 5.21. The van der Waals surface area contributed by atoms with Crippen molar-refractivity contribution in [1.82, 2.24) is 15.6 Å². The minimum absolute atomic E-state index is 0.315. The lowest BCUT2D eigenvalue weighted by Crippen LogP contribution is -2.44. The molecule has 162 valence electrons. The normalized spacial score (nSPS) is 16.4. The number of aliphatic imine (C=N–C) groups is 1. The van der Waals surface area contributed by atoms with Crippen molar-refractivity contribution < 1.29 is 9.47 Å². The molecule has 1 aromatic carbocycles. The molecule has 3 rings (SSSR count). The van der Waals surface area contributed by atoms with E-state index in [-0.39, 0.29) is 0 Å². The van der Waals surface area contributed by atoms with Gasteiger partial charge in [0.1, 0.15) is 5.75 Å². The zero-order valence-corrected chi connectivity index (χ0v) is 18.2. The number of unbranched alkanes of at least 4 members (excludes halogenated alkanes) is 1. The molecule has 1 saturated heterocycles. The van der Waals surface area contributed by atoms with Crippen molar-refractivity contribution in [2.75, 3.05) is 38.8 Å². The molecule has 0 amide bonds. The first-order valence-corrected chi connectivity index (χ1v) is 10.7. The van der Waals surface area contributed by atoms with E-state index in [4.69, 9.17) is 9.47 Å². The van der Waals surface area contributed by atoms with Crippen molar-refractivity contribution >= 4 is 11.6 Å². The lowest BCUT2D eigenvalue weighted by molar-refractivity contribution is 0.294. The van der Waals surface area contributed by atoms with Gasteiger partial charge in [-0.2, -0.15) is 0 Å². The fourth-order valence-corrected chi connectivity index (χ4v) is 3.56. The number of rotatable bonds is 9. The third-order valence-corrected chi connectivity index (χ3v) is 5.21. The van der Waals surface area contributed by atoms with Crippen molar-refractivity contribution in [1.29, 1.82) is 0 Å². The highest BCUT2D eigenvalue weighted by molar-refractivity contribution is 5.80. The Bertz CT molecular complexity index is 827. The smallest absolute Gasteiger partial charge is 0.218 e. The Morgan fingerprint density at radius 3 is 2.93 bits per heavy atom. The predicted molar refractivity (Wildman–Crippen MR) is 122 cm³/mol. The van der Waals surface area contributed by atoms with E-state index in [0.29, 0.717) is 25.1 Å². The second-order valence-electron chi connectivity index (χ2n) is 7.34. The van der Waals surface area contributed by atoms with E-state index in [1.807, 2.05) is 30.3 Å². The molecule has 0 aliphatic carbocycles. The van der Waals surface area contributed by atoms with E-state index in [0.717, 1.165) is 55.3 Å². The molecule has 1 aromatic heterocycles. The van der Waals surface area contributed by atoms with Crippen LogP contribution in [0.15, 0.2) is 47.6 Å². The van der Waals surface area contributed by atoms with Gasteiger partial charge in [-0.25, -0.2) is 4.98 Å². The molecule has 2 N–H and O–H groups in total. The van der Waals surface area contributed by atoms with Crippen LogP contribution in [0.25, 0.3) is 0 Å². The van der Waals surface area contributed by atoms with Gasteiger partial charge in [-0.3, -0.25) is 4.99 Å². The molecule has 1 unspecified atom stereocenters. The Hall–Kier alpha value is -2.96. The Morgan fingerprint density at radius 1 is 1.27 bits per heavy atom. The second-order valence-corrected chi connectivity index (χ2v) is 7.34. The molecule has 1 aliphatic heterocycles. The van der Waals surface area contributed by atoms with E-state index >= 15 is 0 Å². The SMILES string of the molecule is CCCCOc1ncccc1CNC(=NC)NC1CCN(c2ccccc2OC)C1. The van der Waals surface area contributed by atoms with Gasteiger partial charge in [0.2, 0.25) is 5.88 Å². The van der Waals surface area contributed by atoms with E-state index < -0.39 is 0 Å². The summed E-state index contributed by atoms with van der Waals surface area (Å²) >= 11 is 0. The molecule has 2 aromatic rings. The predicted octanol–water partition coefficient (Wildman–Crippen LogP) is 3.21. The maximum absolute atomic E-state index is 5.83. The maximum atomic E-state index is 5.83. The van der Waals surface area contributed by atoms with Crippen LogP contribution in [0.5, 0.6) is 11.6 Å². The Balaban J connectivity index is 1.54. The number of ether oxygens (including phenoxy) is 2. The van der Waals surface area contributed by atoms with Crippen LogP contribution < -0.4 is 25.0 Å². The van der Waals surface area contributed by atoms with Crippen LogP contribution in [0.1, 0.15) is 31.7 Å². The average molecular weight is 412 g/mol. The Morgan fingerprint density at radius 2 is 2.13 bits per heavy atom. The van der Waals surface area contributed by atoms with Crippen LogP contribution in [0.3, 0.4) is 0 Å². The van der Waals surface area contributed by atoms with Gasteiger partial charge < -0.3 is 25.0 Å². The summed E-state index contributed by atoms with van der Waals surface area (Å²) in [7, 11) is 3.51. The van der Waals surface area contributed by atoms with Crippen LogP contribution in [-0.4, -0.2) is 50.8 Å². The van der Waals surface area contributed by atoms with Crippen LogP contribution in [-0.2, 0) is 6.54 Å². The Labute approximate surface area is 179 Å². The minimum Gasteiger partial charge on any atom is -0.495 e. The quantitative estimate of drug-likeness (QED) is 0.375. The molecule has 2 heterocycles. The maximum Gasteiger partial charge on any atom is 0.218 e. The number of pyridine rings is 1. The summed E-state index contributed by atoms with van der Waals surface area (Å²) in [4.78, 5) is 11.1. The zero-order valence-electron chi connectivity index (χ0n) is 18.2. The summed E-state index contributed by atoms with van der Waals surface area (Å²) in [6.07, 6.45) is 4.93. The number of guanidine groups is 1. The summed E-state index contributed by atoms with van der Waals surface area (Å²) in [5.41, 5.74) is 2.16. The fraction of sp³-hybridized carbons (Fsp3) is 0.478. The summed E-state index contributed by atoms with van der Waals surface area (Å²) in [5.74, 6) is 2.38. The van der Waals surface area contributed by atoms with Gasteiger partial charge in [-0.1, -0.05) is 31.5 Å². The van der Waals surface area contributed by atoms with Gasteiger partial charge in [0.15, 0.2) is 5.96 Å². The highest BCUT2D eigenvalue weighted by Gasteiger charge is 2.25. The van der Waals surface area contributed by atoms with Crippen molar-refractivity contribution in [2.24, 2.45) is 4.99 Å². The molecule has 30 heavy (non-hydrogen) atoms. The van der Waals surface area contributed by atoms with Gasteiger partial charge in [-0.15, -0.1) is 0 Å². The van der Waals surface area contributed by atoms with E-state index in [1.165, 1.54) is 0 Å². The number of para-hydroxylation sites is 2. The number of hydrogen-bond acceptors (Lipinski definition) is 5. The summed E-state index contributed by atoms with van der Waals surface area (Å²) in [5, 5.41) is 6.94. The molecule has 1 aliphatic rings. The first-order valence-electron chi connectivity index (χ1n) is 10.7. The van der Waals surface area contributed by atoms with Crippen molar-refractivity contribution in [2.45, 2.75) is 38.8 Å². The van der Waals surface area contributed by atoms with Gasteiger partial charge in [0.05, 0.1) is 19.4 Å². The number of benzene rings is 1. The number of hydrogen-bond donors (Lipinski definition) is 2. The Kier molecular flexibility index (Phi) is 8.18. The molecule has 0 saturated carbocycles. The van der Waals surface area contributed by atoms with Crippen LogP contribution in [0, 0.1) is 0 Å². The standard InChI is InChI=1S/C23H33N5O2/c1-4-5-15-30-22-18(9-8-13-25-22)16-26-23(24-2)27-19-12-14-28(17-19)20-10-6-7-11-21(20)29-3/h6-11,13,19H,4-5,12,14-17H2,1-3H3,(H2,24,26,27). The van der Waals surface area contributed by atoms with E-state index in [9.17, 15) is 0 Å². The molecule has 1 fully saturated rings. The lowest BCUT2D eigenvalue weighted by atomic mass is 10.2. The summed E-state index contributed by atoms with van der Waals surface area (Å²) in [6.45, 7) is 5.33. The van der Waals surface area contributed by atoms with Crippen molar-refractivity contribution in [3.05, 3.63) is 48.2 Å². The topological polar surface area (TPSA) is 71.0 Å². The van der Waals surface area contributed by atoms with E-state index in [2.05, 4.69) is 38.5 Å². The minimum atomic E-state index is 0.315. The van der Waals surface area contributed by atoms with Crippen molar-refractivity contribution in [3.8, 4) is 11.6 Å². The highest BCUT2D eigenvalue weighted by atomic mass is 16.5. The number of nitrogens with one attached hydrogen (secondary N) is 2. The zero-order chi connectivity index (χ0) is 21.2. The number of nitrogens with zero attached hydrogens (tertiary/aromatic N) is 3. The van der Waals surface area contributed by atoms with Crippen LogP contribution in [0.4, 0.5) is 5.69 Å². The molecule has 7 nitrogen and oxygen atoms in total. The van der Waals surface area contributed by atoms with Gasteiger partial charge in [0.25, 0.3) is 0 Å². The average Bonchev–Trinajstić information content (AvgIpc) is 3.26. The molecule has 7 heteroatoms.